The summed E-state index contributed by atoms with van der Waals surface area (Å²) < 4.78 is 14.4. The molecule has 0 spiro atoms. The first-order valence-corrected chi connectivity index (χ1v) is 7.47. The lowest BCUT2D eigenvalue weighted by Crippen LogP contribution is -2.24. The van der Waals surface area contributed by atoms with Crippen LogP contribution in [0.2, 0.25) is 0 Å². The number of nitrogens with one attached hydrogen (secondary N) is 1. The molecule has 0 amide bonds. The van der Waals surface area contributed by atoms with Crippen molar-refractivity contribution in [3.8, 4) is 0 Å². The summed E-state index contributed by atoms with van der Waals surface area (Å²) in [4.78, 5) is 10.1. The number of halogens is 1. The zero-order valence-corrected chi connectivity index (χ0v) is 12.7. The van der Waals surface area contributed by atoms with E-state index in [9.17, 15) is 4.39 Å². The van der Waals surface area contributed by atoms with Crippen molar-refractivity contribution in [1.82, 2.24) is 15.3 Å². The normalized spacial score (nSPS) is 11.1. The van der Waals surface area contributed by atoms with Gasteiger partial charge >= 0.3 is 0 Å². The summed E-state index contributed by atoms with van der Waals surface area (Å²) in [6, 6.07) is 2.03. The van der Waals surface area contributed by atoms with Gasteiger partial charge in [0.25, 0.3) is 0 Å². The molecule has 0 aliphatic heterocycles. The van der Waals surface area contributed by atoms with E-state index >= 15 is 0 Å². The molecule has 1 N–H and O–H groups in total. The number of pyridine rings is 1. The molecule has 0 aliphatic rings. The van der Waals surface area contributed by atoms with E-state index in [1.807, 2.05) is 26.3 Å². The predicted octanol–water partition coefficient (Wildman–Crippen LogP) is 2.81. The molecule has 2 heterocycles. The zero-order valence-electron chi connectivity index (χ0n) is 11.9. The SMILES string of the molecule is CC(C)NCc1ccnc(N(C)Cc2cscn2)c1F. The van der Waals surface area contributed by atoms with Gasteiger partial charge in [-0.15, -0.1) is 11.3 Å². The summed E-state index contributed by atoms with van der Waals surface area (Å²) in [6.45, 7) is 5.13. The molecule has 0 radical (unpaired) electrons. The molecule has 108 valence electrons. The Morgan fingerprint density at radius 1 is 1.40 bits per heavy atom. The molecule has 0 bridgehead atoms. The Kier molecular flexibility index (Phi) is 5.03. The fourth-order valence-corrected chi connectivity index (χ4v) is 2.37. The molecule has 0 aromatic carbocycles. The van der Waals surface area contributed by atoms with E-state index in [4.69, 9.17) is 0 Å². The molecule has 2 aromatic heterocycles. The second kappa shape index (κ2) is 6.76. The average Bonchev–Trinajstić information content (AvgIpc) is 2.90. The topological polar surface area (TPSA) is 41.1 Å². The highest BCUT2D eigenvalue weighted by molar-refractivity contribution is 7.07. The summed E-state index contributed by atoms with van der Waals surface area (Å²) >= 11 is 1.53. The first kappa shape index (κ1) is 14.9. The van der Waals surface area contributed by atoms with E-state index < -0.39 is 0 Å². The van der Waals surface area contributed by atoms with Crippen LogP contribution in [0.4, 0.5) is 10.2 Å². The fourth-order valence-electron chi connectivity index (χ4n) is 1.82. The largest absolute Gasteiger partial charge is 0.351 e. The van der Waals surface area contributed by atoms with Gasteiger partial charge in [0.15, 0.2) is 11.6 Å². The standard InChI is InChI=1S/C14H19FN4S/c1-10(2)17-6-11-4-5-16-14(13(11)15)19(3)7-12-8-20-9-18-12/h4-5,8-10,17H,6-7H2,1-3H3. The third kappa shape index (κ3) is 3.74. The predicted molar refractivity (Wildman–Crippen MR) is 80.4 cm³/mol. The minimum absolute atomic E-state index is 0.265. The Balaban J connectivity index is 2.12. The molecule has 0 unspecified atom stereocenters. The Morgan fingerprint density at radius 3 is 2.85 bits per heavy atom. The first-order valence-electron chi connectivity index (χ1n) is 6.53. The van der Waals surface area contributed by atoms with Crippen molar-refractivity contribution in [3.05, 3.63) is 40.2 Å². The van der Waals surface area contributed by atoms with E-state index in [-0.39, 0.29) is 5.82 Å². The number of rotatable bonds is 6. The van der Waals surface area contributed by atoms with Gasteiger partial charge in [-0.05, 0) is 6.07 Å². The van der Waals surface area contributed by atoms with Crippen molar-refractivity contribution in [3.63, 3.8) is 0 Å². The van der Waals surface area contributed by atoms with Crippen LogP contribution < -0.4 is 10.2 Å². The summed E-state index contributed by atoms with van der Waals surface area (Å²) in [7, 11) is 1.82. The zero-order chi connectivity index (χ0) is 14.5. The quantitative estimate of drug-likeness (QED) is 0.889. The van der Waals surface area contributed by atoms with Crippen LogP contribution in [-0.2, 0) is 13.1 Å². The van der Waals surface area contributed by atoms with Crippen molar-refractivity contribution in [1.29, 1.82) is 0 Å². The van der Waals surface area contributed by atoms with Crippen molar-refractivity contribution in [2.24, 2.45) is 0 Å². The van der Waals surface area contributed by atoms with E-state index in [2.05, 4.69) is 15.3 Å². The van der Waals surface area contributed by atoms with Gasteiger partial charge in [-0.25, -0.2) is 14.4 Å². The van der Waals surface area contributed by atoms with Gasteiger partial charge in [0.05, 0.1) is 17.7 Å². The average molecular weight is 294 g/mol. The Hall–Kier alpha value is -1.53. The molecule has 20 heavy (non-hydrogen) atoms. The molecule has 2 rings (SSSR count). The van der Waals surface area contributed by atoms with Crippen LogP contribution in [0.5, 0.6) is 0 Å². The van der Waals surface area contributed by atoms with Gasteiger partial charge < -0.3 is 10.2 Å². The molecule has 6 heteroatoms. The molecule has 0 atom stereocenters. The summed E-state index contributed by atoms with van der Waals surface area (Å²) in [5.74, 6) is 0.0967. The van der Waals surface area contributed by atoms with Gasteiger partial charge in [0.1, 0.15) is 0 Å². The molecule has 2 aromatic rings. The second-order valence-electron chi connectivity index (χ2n) is 4.98. The molecule has 0 aliphatic carbocycles. The molecule has 0 saturated carbocycles. The van der Waals surface area contributed by atoms with Crippen LogP contribution in [0.3, 0.4) is 0 Å². The van der Waals surface area contributed by atoms with E-state index in [0.29, 0.717) is 30.5 Å². The first-order chi connectivity index (χ1) is 9.58. The minimum Gasteiger partial charge on any atom is -0.351 e. The van der Waals surface area contributed by atoms with E-state index in [1.165, 1.54) is 11.3 Å². The van der Waals surface area contributed by atoms with Crippen LogP contribution >= 0.6 is 11.3 Å². The van der Waals surface area contributed by atoms with Crippen molar-refractivity contribution in [2.45, 2.75) is 33.0 Å². The highest BCUT2D eigenvalue weighted by atomic mass is 32.1. The lowest BCUT2D eigenvalue weighted by Gasteiger charge is -2.19. The molecular formula is C14H19FN4S. The monoisotopic (exact) mass is 294 g/mol. The van der Waals surface area contributed by atoms with Gasteiger partial charge in [-0.1, -0.05) is 13.8 Å². The van der Waals surface area contributed by atoms with Gasteiger partial charge in [0, 0.05) is 36.8 Å². The van der Waals surface area contributed by atoms with Gasteiger partial charge in [-0.2, -0.15) is 0 Å². The lowest BCUT2D eigenvalue weighted by atomic mass is 10.2. The fraction of sp³-hybridized carbons (Fsp3) is 0.429. The van der Waals surface area contributed by atoms with E-state index in [1.54, 1.807) is 22.7 Å². The maximum Gasteiger partial charge on any atom is 0.170 e. The maximum atomic E-state index is 14.4. The number of anilines is 1. The number of aromatic nitrogens is 2. The number of thiazole rings is 1. The van der Waals surface area contributed by atoms with Gasteiger partial charge in [0.2, 0.25) is 0 Å². The molecule has 0 fully saturated rings. The second-order valence-corrected chi connectivity index (χ2v) is 5.70. The smallest absolute Gasteiger partial charge is 0.170 e. The Bertz CT molecular complexity index is 542. The summed E-state index contributed by atoms with van der Waals surface area (Å²) in [6.07, 6.45) is 1.65. The third-order valence-corrected chi connectivity index (χ3v) is 3.53. The number of nitrogens with zero attached hydrogens (tertiary/aromatic N) is 3. The van der Waals surface area contributed by atoms with Crippen LogP contribution in [0.1, 0.15) is 25.1 Å². The summed E-state index contributed by atoms with van der Waals surface area (Å²) in [5, 5.41) is 5.17. The lowest BCUT2D eigenvalue weighted by molar-refractivity contribution is 0.548. The number of hydrogen-bond acceptors (Lipinski definition) is 5. The van der Waals surface area contributed by atoms with E-state index in [0.717, 1.165) is 5.69 Å². The van der Waals surface area contributed by atoms with Crippen molar-refractivity contribution >= 4 is 17.2 Å². The van der Waals surface area contributed by atoms with Crippen LogP contribution in [-0.4, -0.2) is 23.1 Å². The minimum atomic E-state index is -0.265. The number of hydrogen-bond donors (Lipinski definition) is 1. The van der Waals surface area contributed by atoms with Crippen LogP contribution in [0.15, 0.2) is 23.2 Å². The van der Waals surface area contributed by atoms with Crippen LogP contribution in [0, 0.1) is 5.82 Å². The van der Waals surface area contributed by atoms with Crippen molar-refractivity contribution in [2.75, 3.05) is 11.9 Å². The Labute approximate surface area is 122 Å². The highest BCUT2D eigenvalue weighted by Crippen LogP contribution is 2.20. The third-order valence-electron chi connectivity index (χ3n) is 2.90. The summed E-state index contributed by atoms with van der Waals surface area (Å²) in [5.41, 5.74) is 3.33. The van der Waals surface area contributed by atoms with Crippen molar-refractivity contribution < 1.29 is 4.39 Å². The highest BCUT2D eigenvalue weighted by Gasteiger charge is 2.14. The van der Waals surface area contributed by atoms with Gasteiger partial charge in [-0.3, -0.25) is 0 Å². The maximum absolute atomic E-state index is 14.4. The van der Waals surface area contributed by atoms with Crippen LogP contribution in [0.25, 0.3) is 0 Å². The molecule has 4 nitrogen and oxygen atoms in total. The molecule has 0 saturated heterocycles. The Morgan fingerprint density at radius 2 is 2.20 bits per heavy atom. The molecular weight excluding hydrogens is 275 g/mol.